The van der Waals surface area contributed by atoms with Crippen LogP contribution in [0, 0.1) is 5.92 Å². The summed E-state index contributed by atoms with van der Waals surface area (Å²) in [5.41, 5.74) is 7.28. The third-order valence-corrected chi connectivity index (χ3v) is 6.66. The van der Waals surface area contributed by atoms with Gasteiger partial charge in [0.05, 0.1) is 5.92 Å². The van der Waals surface area contributed by atoms with E-state index < -0.39 is 0 Å². The van der Waals surface area contributed by atoms with Gasteiger partial charge in [-0.1, -0.05) is 30.3 Å². The van der Waals surface area contributed by atoms with Crippen LogP contribution in [0.2, 0.25) is 0 Å². The highest BCUT2D eigenvalue weighted by atomic mass is 16.2. The van der Waals surface area contributed by atoms with Gasteiger partial charge in [0.15, 0.2) is 0 Å². The van der Waals surface area contributed by atoms with Crippen molar-refractivity contribution in [2.24, 2.45) is 11.7 Å². The molecule has 3 aliphatic heterocycles. The zero-order chi connectivity index (χ0) is 18.6. The largest absolute Gasteiger partial charge is 0.339 e. The molecule has 1 aromatic rings. The number of nitrogens with zero attached hydrogens (tertiary/aromatic N) is 3. The Labute approximate surface area is 163 Å². The van der Waals surface area contributed by atoms with Crippen molar-refractivity contribution in [3.8, 4) is 0 Å². The van der Waals surface area contributed by atoms with E-state index in [9.17, 15) is 4.79 Å². The minimum atomic E-state index is 0.197. The second-order valence-electron chi connectivity index (χ2n) is 8.65. The molecule has 0 spiro atoms. The van der Waals surface area contributed by atoms with Gasteiger partial charge in [-0.15, -0.1) is 0 Å². The van der Waals surface area contributed by atoms with E-state index in [1.54, 1.807) is 0 Å². The van der Waals surface area contributed by atoms with E-state index >= 15 is 0 Å². The summed E-state index contributed by atoms with van der Waals surface area (Å²) in [6.07, 6.45) is 5.83. The Kier molecular flexibility index (Phi) is 6.11. The summed E-state index contributed by atoms with van der Waals surface area (Å²) in [4.78, 5) is 19.8. The molecule has 27 heavy (non-hydrogen) atoms. The highest BCUT2D eigenvalue weighted by molar-refractivity contribution is 5.80. The lowest BCUT2D eigenvalue weighted by molar-refractivity contribution is -0.142. The predicted octanol–water partition coefficient (Wildman–Crippen LogP) is 1.58. The monoisotopic (exact) mass is 370 g/mol. The summed E-state index contributed by atoms with van der Waals surface area (Å²) in [6, 6.07) is 11.7. The average molecular weight is 371 g/mol. The van der Waals surface area contributed by atoms with Crippen LogP contribution in [-0.2, 0) is 11.2 Å². The van der Waals surface area contributed by atoms with Crippen molar-refractivity contribution in [1.29, 1.82) is 0 Å². The van der Waals surface area contributed by atoms with Crippen LogP contribution in [0.1, 0.15) is 31.2 Å². The third-order valence-electron chi connectivity index (χ3n) is 6.66. The topological polar surface area (TPSA) is 52.8 Å². The van der Waals surface area contributed by atoms with Crippen molar-refractivity contribution in [1.82, 2.24) is 14.7 Å². The van der Waals surface area contributed by atoms with Crippen LogP contribution in [0.15, 0.2) is 30.3 Å². The van der Waals surface area contributed by atoms with Crippen LogP contribution in [0.5, 0.6) is 0 Å². The van der Waals surface area contributed by atoms with Gasteiger partial charge in [-0.3, -0.25) is 9.69 Å². The SMILES string of the molecule is NC1CN(C(=O)[C@@H]2CCCN(C3CCN(CCc4ccccc4)CC3)C2)C1. The first kappa shape index (κ1) is 18.9. The fraction of sp³-hybridized carbons (Fsp3) is 0.682. The van der Waals surface area contributed by atoms with Gasteiger partial charge < -0.3 is 15.5 Å². The lowest BCUT2D eigenvalue weighted by Gasteiger charge is -2.44. The Bertz CT molecular complexity index is 608. The molecule has 0 radical (unpaired) electrons. The number of amides is 1. The number of carbonyl (C=O) groups is 1. The van der Waals surface area contributed by atoms with Gasteiger partial charge in [0.2, 0.25) is 5.91 Å². The number of likely N-dealkylation sites (tertiary alicyclic amines) is 3. The molecular formula is C22H34N4O. The van der Waals surface area contributed by atoms with Crippen molar-refractivity contribution in [3.05, 3.63) is 35.9 Å². The Morgan fingerprint density at radius 1 is 1.00 bits per heavy atom. The summed E-state index contributed by atoms with van der Waals surface area (Å²) in [5.74, 6) is 0.545. The molecule has 5 heteroatoms. The Morgan fingerprint density at radius 3 is 2.44 bits per heavy atom. The maximum Gasteiger partial charge on any atom is 0.227 e. The quantitative estimate of drug-likeness (QED) is 0.855. The molecule has 148 valence electrons. The van der Waals surface area contributed by atoms with Crippen molar-refractivity contribution in [2.75, 3.05) is 45.8 Å². The lowest BCUT2D eigenvalue weighted by Crippen LogP contribution is -2.60. The normalized spacial score (nSPS) is 26.1. The number of benzene rings is 1. The van der Waals surface area contributed by atoms with E-state index in [-0.39, 0.29) is 12.0 Å². The van der Waals surface area contributed by atoms with E-state index in [0.717, 1.165) is 52.0 Å². The molecule has 0 unspecified atom stereocenters. The molecule has 0 saturated carbocycles. The van der Waals surface area contributed by atoms with Crippen molar-refractivity contribution in [2.45, 2.75) is 44.2 Å². The fourth-order valence-electron chi connectivity index (χ4n) is 4.93. The van der Waals surface area contributed by atoms with E-state index in [0.29, 0.717) is 11.9 Å². The molecule has 1 aromatic carbocycles. The first-order chi connectivity index (χ1) is 13.2. The standard InChI is InChI=1S/C22H34N4O/c23-20-16-26(17-20)22(27)19-7-4-11-25(15-19)21-9-13-24(14-10-21)12-8-18-5-2-1-3-6-18/h1-3,5-6,19-21H,4,7-17,23H2/t19-/m1/s1. The van der Waals surface area contributed by atoms with Crippen LogP contribution >= 0.6 is 0 Å². The molecule has 3 aliphatic rings. The third kappa shape index (κ3) is 4.71. The van der Waals surface area contributed by atoms with Gasteiger partial charge in [0.1, 0.15) is 0 Å². The van der Waals surface area contributed by atoms with E-state index in [1.807, 2.05) is 4.90 Å². The smallest absolute Gasteiger partial charge is 0.227 e. The minimum absolute atomic E-state index is 0.197. The second-order valence-corrected chi connectivity index (χ2v) is 8.65. The Hall–Kier alpha value is -1.43. The molecule has 3 saturated heterocycles. The molecule has 1 atom stereocenters. The molecule has 2 N–H and O–H groups in total. The zero-order valence-corrected chi connectivity index (χ0v) is 16.4. The van der Waals surface area contributed by atoms with Crippen LogP contribution in [0.3, 0.4) is 0 Å². The van der Waals surface area contributed by atoms with Gasteiger partial charge >= 0.3 is 0 Å². The summed E-state index contributed by atoms with van der Waals surface area (Å²) < 4.78 is 0. The fourth-order valence-corrected chi connectivity index (χ4v) is 4.93. The van der Waals surface area contributed by atoms with Gasteiger partial charge in [-0.2, -0.15) is 0 Å². The summed E-state index contributed by atoms with van der Waals surface area (Å²) in [7, 11) is 0. The van der Waals surface area contributed by atoms with Crippen LogP contribution < -0.4 is 5.73 Å². The minimum Gasteiger partial charge on any atom is -0.339 e. The van der Waals surface area contributed by atoms with Crippen molar-refractivity contribution >= 4 is 5.91 Å². The number of hydrogen-bond acceptors (Lipinski definition) is 4. The van der Waals surface area contributed by atoms with Crippen molar-refractivity contribution < 1.29 is 4.79 Å². The molecule has 5 nitrogen and oxygen atoms in total. The number of piperidine rings is 2. The number of nitrogens with two attached hydrogens (primary N) is 1. The maximum atomic E-state index is 12.7. The molecule has 0 aliphatic carbocycles. The van der Waals surface area contributed by atoms with Gasteiger partial charge in [0.25, 0.3) is 0 Å². The van der Waals surface area contributed by atoms with Crippen molar-refractivity contribution in [3.63, 3.8) is 0 Å². The highest BCUT2D eigenvalue weighted by Crippen LogP contribution is 2.26. The maximum absolute atomic E-state index is 12.7. The highest BCUT2D eigenvalue weighted by Gasteiger charge is 2.36. The predicted molar refractivity (Wildman–Crippen MR) is 108 cm³/mol. The second kappa shape index (κ2) is 8.72. The van der Waals surface area contributed by atoms with E-state index in [1.165, 1.54) is 31.5 Å². The Balaban J connectivity index is 1.21. The molecule has 0 aromatic heterocycles. The van der Waals surface area contributed by atoms with Crippen LogP contribution in [0.25, 0.3) is 0 Å². The van der Waals surface area contributed by atoms with E-state index in [2.05, 4.69) is 40.1 Å². The summed E-state index contributed by atoms with van der Waals surface area (Å²) >= 11 is 0. The average Bonchev–Trinajstić information content (AvgIpc) is 2.71. The van der Waals surface area contributed by atoms with Crippen LogP contribution in [0.4, 0.5) is 0 Å². The molecule has 3 heterocycles. The molecule has 0 bridgehead atoms. The van der Waals surface area contributed by atoms with Crippen LogP contribution in [-0.4, -0.2) is 78.5 Å². The number of rotatable bonds is 5. The first-order valence-corrected chi connectivity index (χ1v) is 10.7. The lowest BCUT2D eigenvalue weighted by atomic mass is 9.91. The summed E-state index contributed by atoms with van der Waals surface area (Å²) in [5, 5.41) is 0. The molecule has 3 fully saturated rings. The molecule has 4 rings (SSSR count). The van der Waals surface area contributed by atoms with Gasteiger partial charge in [0, 0.05) is 38.3 Å². The van der Waals surface area contributed by atoms with E-state index in [4.69, 9.17) is 5.73 Å². The number of hydrogen-bond donors (Lipinski definition) is 1. The Morgan fingerprint density at radius 2 is 1.74 bits per heavy atom. The zero-order valence-electron chi connectivity index (χ0n) is 16.4. The first-order valence-electron chi connectivity index (χ1n) is 10.7. The van der Waals surface area contributed by atoms with Gasteiger partial charge in [-0.25, -0.2) is 0 Å². The molecule has 1 amide bonds. The summed E-state index contributed by atoms with van der Waals surface area (Å²) in [6.45, 7) is 7.18. The molecular weight excluding hydrogens is 336 g/mol. The number of carbonyl (C=O) groups excluding carboxylic acids is 1. The van der Waals surface area contributed by atoms with Gasteiger partial charge in [-0.05, 0) is 57.3 Å².